The molecule has 0 saturated carbocycles. The van der Waals surface area contributed by atoms with Crippen LogP contribution in [-0.4, -0.2) is 4.89 Å². The second-order valence-corrected chi connectivity index (χ2v) is 1.41. The minimum Gasteiger partial charge on any atom is -2.00 e. The van der Waals surface area contributed by atoms with E-state index in [4.69, 9.17) is 19.2 Å². The van der Waals surface area contributed by atoms with Crippen LogP contribution < -0.4 is 9.79 Å². The third-order valence-electron chi connectivity index (χ3n) is 0. The van der Waals surface area contributed by atoms with Crippen molar-refractivity contribution in [2.45, 2.75) is 0 Å². The molecule has 0 aromatic rings. The molecule has 0 aliphatic carbocycles. The van der Waals surface area contributed by atoms with E-state index in [2.05, 4.69) is 0 Å². The van der Waals surface area contributed by atoms with Crippen molar-refractivity contribution in [3.05, 3.63) is 0 Å². The van der Waals surface area contributed by atoms with E-state index in [0.29, 0.717) is 0 Å². The van der Waals surface area contributed by atoms with Gasteiger partial charge in [-0.15, -0.1) is 0 Å². The Morgan fingerprint density at radius 1 is 1.25 bits per heavy atom. The van der Waals surface area contributed by atoms with E-state index in [9.17, 15) is 0 Å². The van der Waals surface area contributed by atoms with Gasteiger partial charge in [0.25, 0.3) is 0 Å². The SMILES string of the molecule is O=P([O-])([O-])O.[O-2].[Zn+2].[Zn+2]. The Kier molecular flexibility index (Phi) is 23.7. The number of hydrogen-bond donors (Lipinski definition) is 1. The van der Waals surface area contributed by atoms with Gasteiger partial charge >= 0.3 is 39.0 Å². The smallest absolute Gasteiger partial charge is 2.00 e. The first-order chi connectivity index (χ1) is 2.00. The Bertz CT molecular complexity index is 56.6. The van der Waals surface area contributed by atoms with Gasteiger partial charge in [0.05, 0.1) is 7.82 Å². The van der Waals surface area contributed by atoms with Gasteiger partial charge < -0.3 is 24.7 Å². The molecule has 8 heteroatoms. The fourth-order valence-corrected chi connectivity index (χ4v) is 0. The van der Waals surface area contributed by atoms with Crippen molar-refractivity contribution in [1.29, 1.82) is 0 Å². The largest absolute Gasteiger partial charge is 2.00 e. The van der Waals surface area contributed by atoms with E-state index in [1.54, 1.807) is 0 Å². The predicted octanol–water partition coefficient (Wildman–Crippen LogP) is -2.32. The van der Waals surface area contributed by atoms with E-state index < -0.39 is 7.82 Å². The molecule has 0 atom stereocenters. The minimum atomic E-state index is -5.14. The average Bonchev–Trinajstić information content (AvgIpc) is 0.722. The monoisotopic (exact) mass is 240 g/mol. The topological polar surface area (TPSA) is 112 Å². The maximum absolute atomic E-state index is 8.66. The third kappa shape index (κ3) is 168. The van der Waals surface area contributed by atoms with Gasteiger partial charge in [-0.3, -0.25) is 0 Å². The standard InChI is InChI=1S/H3O4P.O.2Zn/c1-5(2,3)4;;;/h(H3,1,2,3,4);;;/q;-2;2*+2/p-2. The van der Waals surface area contributed by atoms with Gasteiger partial charge in [-0.2, -0.15) is 0 Å². The first-order valence-electron chi connectivity index (χ1n) is 0.748. The molecule has 0 radical (unpaired) electrons. The summed E-state index contributed by atoms with van der Waals surface area (Å²) < 4.78 is 8.66. The van der Waals surface area contributed by atoms with Crippen molar-refractivity contribution < 1.29 is 63.7 Å². The Labute approximate surface area is 71.6 Å². The molecule has 0 unspecified atom stereocenters. The van der Waals surface area contributed by atoms with Crippen LogP contribution in [0.3, 0.4) is 0 Å². The molecule has 8 heavy (non-hydrogen) atoms. The van der Waals surface area contributed by atoms with Crippen LogP contribution >= 0.6 is 7.82 Å². The molecular formula is HO5PZn2. The van der Waals surface area contributed by atoms with Crippen LogP contribution in [0.1, 0.15) is 0 Å². The first kappa shape index (κ1) is 22.8. The zero-order valence-electron chi connectivity index (χ0n) is 3.94. The summed E-state index contributed by atoms with van der Waals surface area (Å²) in [4.78, 5) is 24.3. The maximum Gasteiger partial charge on any atom is 2.00 e. The van der Waals surface area contributed by atoms with Crippen LogP contribution in [0, 0.1) is 0 Å². The Hall–Kier alpha value is 1.32. The summed E-state index contributed by atoms with van der Waals surface area (Å²) in [6, 6.07) is 0. The van der Waals surface area contributed by atoms with E-state index in [0.717, 1.165) is 0 Å². The Morgan fingerprint density at radius 3 is 1.25 bits per heavy atom. The molecule has 0 amide bonds. The van der Waals surface area contributed by atoms with Gasteiger partial charge in [0.1, 0.15) is 0 Å². The quantitative estimate of drug-likeness (QED) is 0.380. The number of phosphoric acid groups is 1. The van der Waals surface area contributed by atoms with Crippen molar-refractivity contribution in [3.63, 3.8) is 0 Å². The van der Waals surface area contributed by atoms with Crippen molar-refractivity contribution in [2.75, 3.05) is 0 Å². The molecule has 0 aliphatic heterocycles. The summed E-state index contributed by atoms with van der Waals surface area (Å²) in [5.74, 6) is 0. The molecule has 1 N–H and O–H groups in total. The summed E-state index contributed by atoms with van der Waals surface area (Å²) in [5.41, 5.74) is 0. The van der Waals surface area contributed by atoms with Gasteiger partial charge in [0.15, 0.2) is 0 Å². The molecule has 0 fully saturated rings. The van der Waals surface area contributed by atoms with E-state index in [1.807, 2.05) is 0 Å². The molecule has 0 aliphatic rings. The van der Waals surface area contributed by atoms with Crippen LogP contribution in [-0.2, 0) is 49.0 Å². The molecule has 0 bridgehead atoms. The number of hydrogen-bond acceptors (Lipinski definition) is 3. The summed E-state index contributed by atoms with van der Waals surface area (Å²) in [6.07, 6.45) is 0. The van der Waals surface area contributed by atoms with Gasteiger partial charge in [0, 0.05) is 0 Å². The normalized spacial score (nSPS) is 7.38. The van der Waals surface area contributed by atoms with Crippen molar-refractivity contribution >= 4 is 7.82 Å². The fourth-order valence-electron chi connectivity index (χ4n) is 0. The number of rotatable bonds is 0. The van der Waals surface area contributed by atoms with Crippen LogP contribution in [0.15, 0.2) is 0 Å². The van der Waals surface area contributed by atoms with Crippen molar-refractivity contribution in [3.8, 4) is 0 Å². The van der Waals surface area contributed by atoms with Gasteiger partial charge in [0.2, 0.25) is 0 Å². The zero-order chi connectivity index (χ0) is 4.50. The van der Waals surface area contributed by atoms with Crippen molar-refractivity contribution in [1.82, 2.24) is 0 Å². The van der Waals surface area contributed by atoms with E-state index in [1.165, 1.54) is 0 Å². The van der Waals surface area contributed by atoms with Crippen LogP contribution in [0.5, 0.6) is 0 Å². The molecular weight excluding hydrogens is 242 g/mol. The van der Waals surface area contributed by atoms with E-state index >= 15 is 0 Å². The molecule has 40 valence electrons. The minimum absolute atomic E-state index is 0. The van der Waals surface area contributed by atoms with Crippen LogP contribution in [0.25, 0.3) is 0 Å². The first-order valence-corrected chi connectivity index (χ1v) is 2.24. The summed E-state index contributed by atoms with van der Waals surface area (Å²) in [5, 5.41) is 0. The Balaban J connectivity index is -0.0000000267. The molecule has 0 spiro atoms. The predicted molar refractivity (Wildman–Crippen MR) is 10.5 cm³/mol. The summed E-state index contributed by atoms with van der Waals surface area (Å²) in [7, 11) is -5.14. The fraction of sp³-hybridized carbons (Fsp3) is 0. The van der Waals surface area contributed by atoms with E-state index in [-0.39, 0.29) is 44.4 Å². The molecule has 0 heterocycles. The molecule has 0 aromatic heterocycles. The second kappa shape index (κ2) is 8.32. The molecule has 0 saturated heterocycles. The van der Waals surface area contributed by atoms with Crippen molar-refractivity contribution in [2.24, 2.45) is 0 Å². The zero-order valence-corrected chi connectivity index (χ0v) is 10.8. The molecule has 0 rings (SSSR count). The maximum atomic E-state index is 8.66. The van der Waals surface area contributed by atoms with Crippen LogP contribution in [0.2, 0.25) is 0 Å². The summed E-state index contributed by atoms with van der Waals surface area (Å²) in [6.45, 7) is 0. The van der Waals surface area contributed by atoms with Crippen LogP contribution in [0.4, 0.5) is 0 Å². The van der Waals surface area contributed by atoms with Gasteiger partial charge in [-0.1, -0.05) is 0 Å². The summed E-state index contributed by atoms with van der Waals surface area (Å²) >= 11 is 0. The molecule has 0 aromatic carbocycles. The third-order valence-corrected chi connectivity index (χ3v) is 0. The van der Waals surface area contributed by atoms with Gasteiger partial charge in [-0.05, 0) is 0 Å². The van der Waals surface area contributed by atoms with Gasteiger partial charge in [-0.25, -0.2) is 0 Å². The average molecular weight is 243 g/mol. The molecule has 5 nitrogen and oxygen atoms in total. The second-order valence-electron chi connectivity index (χ2n) is 0.469. The Morgan fingerprint density at radius 2 is 1.25 bits per heavy atom.